The number of nitrogens with zero attached hydrogens (tertiary/aromatic N) is 1. The van der Waals surface area contributed by atoms with E-state index in [1.807, 2.05) is 51.2 Å². The van der Waals surface area contributed by atoms with Gasteiger partial charge in [-0.3, -0.25) is 9.59 Å². The number of carbonyl (C=O) groups excluding carboxylic acids is 2. The lowest BCUT2D eigenvalue weighted by atomic mass is 9.98. The molecule has 3 rings (SSSR count). The summed E-state index contributed by atoms with van der Waals surface area (Å²) in [5, 5.41) is 20.5. The van der Waals surface area contributed by atoms with Crippen LogP contribution < -0.4 is 0 Å². The number of aliphatic hydroxyl groups excluding tert-OH is 2. The number of ether oxygens (including phenoxy) is 2. The van der Waals surface area contributed by atoms with Crippen LogP contribution in [0, 0.1) is 5.92 Å². The van der Waals surface area contributed by atoms with Crippen LogP contribution in [0.1, 0.15) is 27.2 Å². The van der Waals surface area contributed by atoms with Crippen LogP contribution in [0.4, 0.5) is 0 Å². The first-order chi connectivity index (χ1) is 15.7. The number of rotatable bonds is 7. The average Bonchev–Trinajstić information content (AvgIpc) is 3.33. The second-order valence-corrected chi connectivity index (χ2v) is 8.90. The lowest BCUT2D eigenvalue weighted by molar-refractivity contribution is -0.126. The largest absolute Gasteiger partial charge is 0.507 e. The van der Waals surface area contributed by atoms with E-state index in [-0.39, 0.29) is 47.4 Å². The molecule has 0 spiro atoms. The lowest BCUT2D eigenvalue weighted by Crippen LogP contribution is -2.36. The first-order valence-electron chi connectivity index (χ1n) is 11.3. The summed E-state index contributed by atoms with van der Waals surface area (Å²) >= 11 is 0. The van der Waals surface area contributed by atoms with E-state index in [4.69, 9.17) is 9.47 Å². The molecule has 33 heavy (non-hydrogen) atoms. The summed E-state index contributed by atoms with van der Waals surface area (Å²) in [4.78, 5) is 26.1. The van der Waals surface area contributed by atoms with Gasteiger partial charge in [-0.15, -0.1) is 0 Å². The predicted molar refractivity (Wildman–Crippen MR) is 125 cm³/mol. The standard InChI is InChI=1S/C26H33NO6/c1-16(2)22-24(30)21(26(31)27(22)4)18(28)13-11-9-7-5-6-8-10-12-14-19-23(29)25-20(33-19)15-17(3)32-25/h5-14,16-17,19-20,22-23,25,28-29H,15H2,1-4H3/b6-5+,9-7+,10-8+,13-11+,14-12+,21-18-. The van der Waals surface area contributed by atoms with Crippen LogP contribution in [-0.2, 0) is 19.1 Å². The molecule has 0 aromatic carbocycles. The Balaban J connectivity index is 1.46. The van der Waals surface area contributed by atoms with Gasteiger partial charge in [0, 0.05) is 13.5 Å². The number of fused-ring (bicyclic) bond motifs is 1. The number of likely N-dealkylation sites (N-methyl/N-ethyl adjacent to an activating group) is 1. The van der Waals surface area contributed by atoms with E-state index in [9.17, 15) is 19.8 Å². The molecule has 0 radical (unpaired) electrons. The summed E-state index contributed by atoms with van der Waals surface area (Å²) in [6.07, 6.45) is 17.0. The van der Waals surface area contributed by atoms with Crippen molar-refractivity contribution in [3.63, 3.8) is 0 Å². The molecule has 3 heterocycles. The molecular formula is C26H33NO6. The van der Waals surface area contributed by atoms with Gasteiger partial charge in [0.05, 0.1) is 18.2 Å². The third-order valence-corrected chi connectivity index (χ3v) is 6.01. The Hall–Kier alpha value is -2.74. The topological polar surface area (TPSA) is 96.3 Å². The normalized spacial score (nSPS) is 34.7. The number of likely N-dealkylation sites (tertiary alicyclic amines) is 1. The molecule has 0 bridgehead atoms. The van der Waals surface area contributed by atoms with Crippen molar-refractivity contribution in [3.05, 3.63) is 72.1 Å². The van der Waals surface area contributed by atoms with Gasteiger partial charge in [-0.1, -0.05) is 68.5 Å². The lowest BCUT2D eigenvalue weighted by Gasteiger charge is -2.20. The number of amides is 1. The number of Topliss-reactive ketones (excluding diaryl/α,β-unsaturated/α-hetero) is 1. The first-order valence-corrected chi connectivity index (χ1v) is 11.3. The molecule has 3 saturated heterocycles. The van der Waals surface area contributed by atoms with E-state index in [0.717, 1.165) is 6.42 Å². The molecule has 0 aromatic heterocycles. The van der Waals surface area contributed by atoms with Crippen LogP contribution >= 0.6 is 0 Å². The summed E-state index contributed by atoms with van der Waals surface area (Å²) in [6, 6.07) is -0.539. The molecular weight excluding hydrogens is 422 g/mol. The molecule has 3 aliphatic rings. The van der Waals surface area contributed by atoms with E-state index in [0.29, 0.717) is 0 Å². The van der Waals surface area contributed by atoms with E-state index >= 15 is 0 Å². The van der Waals surface area contributed by atoms with Crippen LogP contribution in [0.3, 0.4) is 0 Å². The van der Waals surface area contributed by atoms with Crippen molar-refractivity contribution in [2.45, 2.75) is 63.8 Å². The fourth-order valence-corrected chi connectivity index (χ4v) is 4.44. The minimum Gasteiger partial charge on any atom is -0.507 e. The third kappa shape index (κ3) is 5.61. The molecule has 7 nitrogen and oxygen atoms in total. The van der Waals surface area contributed by atoms with Crippen LogP contribution in [0.5, 0.6) is 0 Å². The molecule has 1 amide bonds. The molecule has 3 fully saturated rings. The maximum absolute atomic E-state index is 12.5. The summed E-state index contributed by atoms with van der Waals surface area (Å²) in [5.74, 6) is -1.15. The number of hydrogen-bond acceptors (Lipinski definition) is 6. The van der Waals surface area contributed by atoms with Gasteiger partial charge < -0.3 is 24.6 Å². The van der Waals surface area contributed by atoms with Gasteiger partial charge in [0.25, 0.3) is 5.91 Å². The second-order valence-electron chi connectivity index (χ2n) is 8.90. The minimum atomic E-state index is -0.646. The molecule has 2 N–H and O–H groups in total. The molecule has 0 aromatic rings. The predicted octanol–water partition coefficient (Wildman–Crippen LogP) is 2.95. The fraction of sp³-hybridized carbons (Fsp3) is 0.462. The van der Waals surface area contributed by atoms with E-state index in [1.165, 1.54) is 11.0 Å². The molecule has 0 aliphatic carbocycles. The van der Waals surface area contributed by atoms with E-state index < -0.39 is 18.1 Å². The van der Waals surface area contributed by atoms with Gasteiger partial charge in [0.1, 0.15) is 29.6 Å². The van der Waals surface area contributed by atoms with Crippen molar-refractivity contribution in [1.82, 2.24) is 4.90 Å². The molecule has 7 heteroatoms. The van der Waals surface area contributed by atoms with Gasteiger partial charge >= 0.3 is 0 Å². The molecule has 6 atom stereocenters. The zero-order valence-corrected chi connectivity index (χ0v) is 19.5. The zero-order chi connectivity index (χ0) is 24.1. The quantitative estimate of drug-likeness (QED) is 0.265. The summed E-state index contributed by atoms with van der Waals surface area (Å²) in [5.41, 5.74) is -0.160. The number of hydrogen-bond donors (Lipinski definition) is 2. The molecule has 3 aliphatic heterocycles. The number of ketones is 1. The van der Waals surface area contributed by atoms with Gasteiger partial charge in [-0.2, -0.15) is 0 Å². The van der Waals surface area contributed by atoms with Crippen LogP contribution in [0.15, 0.2) is 72.1 Å². The Morgan fingerprint density at radius 2 is 1.64 bits per heavy atom. The van der Waals surface area contributed by atoms with Crippen molar-refractivity contribution >= 4 is 11.7 Å². The zero-order valence-electron chi connectivity index (χ0n) is 19.5. The highest BCUT2D eigenvalue weighted by Crippen LogP contribution is 2.34. The van der Waals surface area contributed by atoms with E-state index in [1.54, 1.807) is 31.4 Å². The summed E-state index contributed by atoms with van der Waals surface area (Å²) in [7, 11) is 1.57. The minimum absolute atomic E-state index is 0.0260. The Kier molecular flexibility index (Phi) is 8.24. The second kappa shape index (κ2) is 10.9. The maximum Gasteiger partial charge on any atom is 0.261 e. The van der Waals surface area contributed by atoms with Crippen molar-refractivity contribution < 1.29 is 29.3 Å². The van der Waals surface area contributed by atoms with Gasteiger partial charge in [-0.25, -0.2) is 0 Å². The van der Waals surface area contributed by atoms with Crippen molar-refractivity contribution in [2.24, 2.45) is 5.92 Å². The van der Waals surface area contributed by atoms with Gasteiger partial charge in [0.15, 0.2) is 5.78 Å². The van der Waals surface area contributed by atoms with Crippen molar-refractivity contribution in [1.29, 1.82) is 0 Å². The Bertz CT molecular complexity index is 925. The molecule has 178 valence electrons. The fourth-order valence-electron chi connectivity index (χ4n) is 4.44. The highest BCUT2D eigenvalue weighted by Gasteiger charge is 2.48. The van der Waals surface area contributed by atoms with Crippen molar-refractivity contribution in [3.8, 4) is 0 Å². The number of allylic oxidation sites excluding steroid dienone is 9. The maximum atomic E-state index is 12.5. The van der Waals surface area contributed by atoms with Gasteiger partial charge in [-0.05, 0) is 18.9 Å². The summed E-state index contributed by atoms with van der Waals surface area (Å²) in [6.45, 7) is 5.72. The van der Waals surface area contributed by atoms with Crippen LogP contribution in [0.25, 0.3) is 0 Å². The Labute approximate surface area is 195 Å². The molecule has 6 unspecified atom stereocenters. The van der Waals surface area contributed by atoms with Crippen molar-refractivity contribution in [2.75, 3.05) is 7.05 Å². The SMILES string of the molecule is CC1CC2OC(/C=C/C=C/C=C/C=C/C=C/C(O)=C3\C(=O)C(C(C)C)N(C)C3=O)C(O)C2O1. The van der Waals surface area contributed by atoms with Crippen LogP contribution in [-0.4, -0.2) is 70.4 Å². The summed E-state index contributed by atoms with van der Waals surface area (Å²) < 4.78 is 11.5. The number of carbonyl (C=O) groups is 2. The first kappa shape index (κ1) is 24.9. The smallest absolute Gasteiger partial charge is 0.261 e. The number of aliphatic hydroxyl groups is 2. The highest BCUT2D eigenvalue weighted by molar-refractivity contribution is 6.27. The Morgan fingerprint density at radius 3 is 2.21 bits per heavy atom. The highest BCUT2D eigenvalue weighted by atomic mass is 16.6. The van der Waals surface area contributed by atoms with Gasteiger partial charge in [0.2, 0.25) is 0 Å². The van der Waals surface area contributed by atoms with E-state index in [2.05, 4.69) is 0 Å². The monoisotopic (exact) mass is 455 g/mol. The third-order valence-electron chi connectivity index (χ3n) is 6.01. The Morgan fingerprint density at radius 1 is 1.03 bits per heavy atom. The van der Waals surface area contributed by atoms with Crippen LogP contribution in [0.2, 0.25) is 0 Å². The average molecular weight is 456 g/mol. The molecule has 0 saturated carbocycles.